The number of rotatable bonds is 5. The molecule has 0 saturated heterocycles. The second kappa shape index (κ2) is 6.59. The molecule has 2 heteroatoms. The maximum Gasteiger partial charge on any atom is 0.159 e. The van der Waals surface area contributed by atoms with E-state index in [4.69, 9.17) is 17.0 Å². The minimum Gasteiger partial charge on any atom is -0.487 e. The van der Waals surface area contributed by atoms with E-state index < -0.39 is 0 Å². The standard InChI is InChI=1S/C9H18OS/c1-4-6-10-9(11)7-8(3)5-2/h8H,4-7H2,1-3H3. The molecule has 0 aromatic heterocycles. The largest absolute Gasteiger partial charge is 0.487 e. The lowest BCUT2D eigenvalue weighted by Crippen LogP contribution is -2.07. The van der Waals surface area contributed by atoms with Gasteiger partial charge in [-0.2, -0.15) is 0 Å². The molecule has 0 aliphatic heterocycles. The molecule has 1 atom stereocenters. The third-order valence-electron chi connectivity index (χ3n) is 1.68. The highest BCUT2D eigenvalue weighted by atomic mass is 32.1. The molecule has 66 valence electrons. The van der Waals surface area contributed by atoms with Gasteiger partial charge in [0.1, 0.15) is 0 Å². The minimum absolute atomic E-state index is 0.666. The highest BCUT2D eigenvalue weighted by molar-refractivity contribution is 7.80. The minimum atomic E-state index is 0.666. The van der Waals surface area contributed by atoms with Crippen molar-refractivity contribution in [1.82, 2.24) is 0 Å². The molecule has 11 heavy (non-hydrogen) atoms. The van der Waals surface area contributed by atoms with Gasteiger partial charge in [0.05, 0.1) is 6.61 Å². The van der Waals surface area contributed by atoms with E-state index in [2.05, 4.69) is 20.8 Å². The van der Waals surface area contributed by atoms with E-state index in [0.29, 0.717) is 5.92 Å². The average molecular weight is 174 g/mol. The maximum atomic E-state index is 5.30. The van der Waals surface area contributed by atoms with Gasteiger partial charge in [0.25, 0.3) is 0 Å². The molecule has 1 unspecified atom stereocenters. The van der Waals surface area contributed by atoms with Crippen LogP contribution in [0.1, 0.15) is 40.0 Å². The third kappa shape index (κ3) is 6.29. The van der Waals surface area contributed by atoms with Crippen LogP contribution < -0.4 is 0 Å². The lowest BCUT2D eigenvalue weighted by atomic mass is 10.1. The van der Waals surface area contributed by atoms with Crippen LogP contribution in [0.3, 0.4) is 0 Å². The number of thiocarbonyl (C=S) groups is 1. The van der Waals surface area contributed by atoms with Crippen molar-refractivity contribution in [1.29, 1.82) is 0 Å². The fourth-order valence-electron chi connectivity index (χ4n) is 0.704. The van der Waals surface area contributed by atoms with Crippen LogP contribution in [0.2, 0.25) is 0 Å². The van der Waals surface area contributed by atoms with Crippen LogP contribution in [0.5, 0.6) is 0 Å². The summed E-state index contributed by atoms with van der Waals surface area (Å²) in [4.78, 5) is 0. The molecule has 0 amide bonds. The molecule has 0 spiro atoms. The molecular weight excluding hydrogens is 156 g/mol. The van der Waals surface area contributed by atoms with Gasteiger partial charge in [0, 0.05) is 6.42 Å². The first-order chi connectivity index (χ1) is 5.20. The van der Waals surface area contributed by atoms with Crippen LogP contribution in [0.15, 0.2) is 0 Å². The summed E-state index contributed by atoms with van der Waals surface area (Å²) in [5.41, 5.74) is 0. The second-order valence-corrected chi connectivity index (χ2v) is 3.39. The molecule has 1 nitrogen and oxygen atoms in total. The quantitative estimate of drug-likeness (QED) is 0.592. The molecule has 0 heterocycles. The summed E-state index contributed by atoms with van der Waals surface area (Å²) in [5.74, 6) is 0.666. The van der Waals surface area contributed by atoms with Crippen molar-refractivity contribution in [3.8, 4) is 0 Å². The first-order valence-corrected chi connectivity index (χ1v) is 4.77. The van der Waals surface area contributed by atoms with E-state index in [-0.39, 0.29) is 0 Å². The fourth-order valence-corrected chi connectivity index (χ4v) is 1.07. The van der Waals surface area contributed by atoms with E-state index in [1.807, 2.05) is 0 Å². The Morgan fingerprint density at radius 3 is 2.55 bits per heavy atom. The Morgan fingerprint density at radius 2 is 2.09 bits per heavy atom. The highest BCUT2D eigenvalue weighted by Gasteiger charge is 2.03. The van der Waals surface area contributed by atoms with Crippen molar-refractivity contribution in [2.75, 3.05) is 6.61 Å². The highest BCUT2D eigenvalue weighted by Crippen LogP contribution is 2.08. The Hall–Kier alpha value is -0.110. The van der Waals surface area contributed by atoms with Gasteiger partial charge in [-0.25, -0.2) is 0 Å². The molecule has 0 saturated carbocycles. The van der Waals surface area contributed by atoms with Crippen molar-refractivity contribution in [3.63, 3.8) is 0 Å². The van der Waals surface area contributed by atoms with E-state index in [1.54, 1.807) is 0 Å². The van der Waals surface area contributed by atoms with E-state index in [0.717, 1.165) is 24.5 Å². The SMILES string of the molecule is CCCOC(=S)CC(C)CC. The number of hydrogen-bond donors (Lipinski definition) is 0. The summed E-state index contributed by atoms with van der Waals surface area (Å²) in [6, 6.07) is 0. The summed E-state index contributed by atoms with van der Waals surface area (Å²) >= 11 is 5.04. The molecule has 0 rings (SSSR count). The van der Waals surface area contributed by atoms with Gasteiger partial charge in [0.2, 0.25) is 0 Å². The summed E-state index contributed by atoms with van der Waals surface area (Å²) in [5, 5.41) is 0.779. The Morgan fingerprint density at radius 1 is 1.45 bits per heavy atom. The molecule has 0 N–H and O–H groups in total. The Labute approximate surface area is 75.1 Å². The fraction of sp³-hybridized carbons (Fsp3) is 0.889. The summed E-state index contributed by atoms with van der Waals surface area (Å²) in [6.45, 7) is 7.23. The van der Waals surface area contributed by atoms with Gasteiger partial charge in [-0.1, -0.05) is 27.2 Å². The molecule has 0 aromatic carbocycles. The molecule has 0 bridgehead atoms. The van der Waals surface area contributed by atoms with Gasteiger partial charge < -0.3 is 4.74 Å². The second-order valence-electron chi connectivity index (χ2n) is 2.94. The molecule has 0 aliphatic rings. The van der Waals surface area contributed by atoms with E-state index in [1.165, 1.54) is 6.42 Å². The normalized spacial score (nSPS) is 12.6. The summed E-state index contributed by atoms with van der Waals surface area (Å²) < 4.78 is 5.30. The zero-order valence-electron chi connectivity index (χ0n) is 7.72. The lowest BCUT2D eigenvalue weighted by Gasteiger charge is -2.09. The maximum absolute atomic E-state index is 5.30. The van der Waals surface area contributed by atoms with Gasteiger partial charge in [-0.05, 0) is 24.6 Å². The Bertz CT molecular complexity index is 112. The first-order valence-electron chi connectivity index (χ1n) is 4.36. The van der Waals surface area contributed by atoms with Gasteiger partial charge in [0.15, 0.2) is 5.05 Å². The Balaban J connectivity index is 3.36. The van der Waals surface area contributed by atoms with Crippen LogP contribution in [-0.4, -0.2) is 11.7 Å². The van der Waals surface area contributed by atoms with Crippen molar-refractivity contribution in [2.45, 2.75) is 40.0 Å². The van der Waals surface area contributed by atoms with Gasteiger partial charge in [-0.3, -0.25) is 0 Å². The molecule has 0 aliphatic carbocycles. The van der Waals surface area contributed by atoms with Gasteiger partial charge >= 0.3 is 0 Å². The molecular formula is C9H18OS. The zero-order chi connectivity index (χ0) is 8.69. The summed E-state index contributed by atoms with van der Waals surface area (Å²) in [6.07, 6.45) is 3.15. The Kier molecular flexibility index (Phi) is 6.52. The van der Waals surface area contributed by atoms with Crippen LogP contribution in [0.25, 0.3) is 0 Å². The van der Waals surface area contributed by atoms with Crippen molar-refractivity contribution in [2.24, 2.45) is 5.92 Å². The molecule has 0 radical (unpaired) electrons. The van der Waals surface area contributed by atoms with Crippen molar-refractivity contribution < 1.29 is 4.74 Å². The van der Waals surface area contributed by atoms with Crippen molar-refractivity contribution >= 4 is 17.3 Å². The van der Waals surface area contributed by atoms with Crippen LogP contribution in [-0.2, 0) is 4.74 Å². The first kappa shape index (κ1) is 10.9. The summed E-state index contributed by atoms with van der Waals surface area (Å²) in [7, 11) is 0. The number of ether oxygens (including phenoxy) is 1. The van der Waals surface area contributed by atoms with Crippen molar-refractivity contribution in [3.05, 3.63) is 0 Å². The molecule has 0 fully saturated rings. The smallest absolute Gasteiger partial charge is 0.159 e. The predicted octanol–water partition coefficient (Wildman–Crippen LogP) is 3.18. The van der Waals surface area contributed by atoms with Crippen LogP contribution in [0, 0.1) is 5.92 Å². The molecule has 0 aromatic rings. The zero-order valence-corrected chi connectivity index (χ0v) is 8.54. The van der Waals surface area contributed by atoms with E-state index >= 15 is 0 Å². The lowest BCUT2D eigenvalue weighted by molar-refractivity contribution is 0.297. The predicted molar refractivity (Wildman–Crippen MR) is 52.9 cm³/mol. The third-order valence-corrected chi connectivity index (χ3v) is 1.96. The number of hydrogen-bond acceptors (Lipinski definition) is 2. The topological polar surface area (TPSA) is 9.23 Å². The average Bonchev–Trinajstić information content (AvgIpc) is 2.00. The van der Waals surface area contributed by atoms with Crippen LogP contribution in [0.4, 0.5) is 0 Å². The van der Waals surface area contributed by atoms with Gasteiger partial charge in [-0.15, -0.1) is 0 Å². The van der Waals surface area contributed by atoms with E-state index in [9.17, 15) is 0 Å². The van der Waals surface area contributed by atoms with Crippen LogP contribution >= 0.6 is 12.2 Å². The monoisotopic (exact) mass is 174 g/mol.